The largest absolute Gasteiger partial charge is 0.493 e. The van der Waals surface area contributed by atoms with Crippen molar-refractivity contribution in [3.8, 4) is 17.1 Å². The highest BCUT2D eigenvalue weighted by Crippen LogP contribution is 2.31. The molecule has 0 atom stereocenters. The maximum absolute atomic E-state index is 13.7. The Morgan fingerprint density at radius 3 is 2.47 bits per heavy atom. The van der Waals surface area contributed by atoms with Crippen LogP contribution < -0.4 is 0 Å². The Balaban J connectivity index is 2.61. The SMILES string of the molecule is Cc1c(-c2ccccc2F)nn(C(C)C)c1O. The number of hydrogen-bond donors (Lipinski definition) is 1. The van der Waals surface area contributed by atoms with Gasteiger partial charge in [-0.05, 0) is 32.9 Å². The van der Waals surface area contributed by atoms with Crippen LogP contribution in [0.25, 0.3) is 11.3 Å². The van der Waals surface area contributed by atoms with Crippen molar-refractivity contribution in [2.45, 2.75) is 26.8 Å². The third kappa shape index (κ3) is 1.90. The maximum Gasteiger partial charge on any atom is 0.213 e. The van der Waals surface area contributed by atoms with Crippen molar-refractivity contribution in [3.05, 3.63) is 35.6 Å². The van der Waals surface area contributed by atoms with Crippen LogP contribution >= 0.6 is 0 Å². The zero-order valence-corrected chi connectivity index (χ0v) is 10.1. The molecule has 0 fully saturated rings. The van der Waals surface area contributed by atoms with Gasteiger partial charge in [0.2, 0.25) is 5.88 Å². The highest BCUT2D eigenvalue weighted by atomic mass is 19.1. The Bertz CT molecular complexity index is 546. The normalized spacial score (nSPS) is 11.1. The molecule has 0 radical (unpaired) electrons. The van der Waals surface area contributed by atoms with Gasteiger partial charge in [0.15, 0.2) is 0 Å². The van der Waals surface area contributed by atoms with Crippen LogP contribution in [0.1, 0.15) is 25.5 Å². The van der Waals surface area contributed by atoms with Crippen LogP contribution in [0.3, 0.4) is 0 Å². The van der Waals surface area contributed by atoms with Crippen LogP contribution in [-0.2, 0) is 0 Å². The molecule has 2 aromatic rings. The highest BCUT2D eigenvalue weighted by molar-refractivity contribution is 5.65. The average Bonchev–Trinajstić information content (AvgIpc) is 2.57. The summed E-state index contributed by atoms with van der Waals surface area (Å²) in [5, 5.41) is 14.2. The van der Waals surface area contributed by atoms with Crippen LogP contribution in [0, 0.1) is 12.7 Å². The number of benzene rings is 1. The van der Waals surface area contributed by atoms with E-state index in [0.29, 0.717) is 16.8 Å². The monoisotopic (exact) mass is 234 g/mol. The zero-order valence-electron chi connectivity index (χ0n) is 10.1. The smallest absolute Gasteiger partial charge is 0.213 e. The second-order valence-electron chi connectivity index (χ2n) is 4.32. The number of halogens is 1. The molecule has 1 aromatic carbocycles. The molecule has 0 saturated carbocycles. The average molecular weight is 234 g/mol. The Morgan fingerprint density at radius 2 is 1.94 bits per heavy atom. The lowest BCUT2D eigenvalue weighted by Crippen LogP contribution is -2.02. The fourth-order valence-electron chi connectivity index (χ4n) is 1.78. The van der Waals surface area contributed by atoms with Crippen molar-refractivity contribution in [1.82, 2.24) is 9.78 Å². The molecule has 0 saturated heterocycles. The molecule has 2 rings (SSSR count). The fourth-order valence-corrected chi connectivity index (χ4v) is 1.78. The van der Waals surface area contributed by atoms with E-state index < -0.39 is 0 Å². The first-order valence-corrected chi connectivity index (χ1v) is 5.55. The van der Waals surface area contributed by atoms with Gasteiger partial charge in [-0.3, -0.25) is 0 Å². The van der Waals surface area contributed by atoms with Crippen LogP contribution in [-0.4, -0.2) is 14.9 Å². The highest BCUT2D eigenvalue weighted by Gasteiger charge is 2.18. The summed E-state index contributed by atoms with van der Waals surface area (Å²) in [7, 11) is 0. The summed E-state index contributed by atoms with van der Waals surface area (Å²) in [5.41, 5.74) is 1.51. The van der Waals surface area contributed by atoms with Crippen molar-refractivity contribution in [2.75, 3.05) is 0 Å². The number of aromatic nitrogens is 2. The quantitative estimate of drug-likeness (QED) is 0.865. The van der Waals surface area contributed by atoms with Gasteiger partial charge >= 0.3 is 0 Å². The van der Waals surface area contributed by atoms with Crippen LogP contribution in [0.4, 0.5) is 4.39 Å². The summed E-state index contributed by atoms with van der Waals surface area (Å²) in [4.78, 5) is 0. The predicted octanol–water partition coefficient (Wildman–Crippen LogP) is 3.28. The third-order valence-electron chi connectivity index (χ3n) is 2.73. The van der Waals surface area contributed by atoms with E-state index >= 15 is 0 Å². The minimum atomic E-state index is -0.330. The Morgan fingerprint density at radius 1 is 1.29 bits per heavy atom. The standard InChI is InChI=1S/C13H15FN2O/c1-8(2)16-13(17)9(3)12(15-16)10-6-4-5-7-11(10)14/h4-8,17H,1-3H3. The van der Waals surface area contributed by atoms with E-state index in [1.165, 1.54) is 10.7 Å². The molecule has 4 heteroatoms. The first-order chi connectivity index (χ1) is 8.02. The molecule has 0 unspecified atom stereocenters. The van der Waals surface area contributed by atoms with Gasteiger partial charge in [-0.2, -0.15) is 5.10 Å². The molecule has 0 aliphatic heterocycles. The summed E-state index contributed by atoms with van der Waals surface area (Å²) >= 11 is 0. The van der Waals surface area contributed by atoms with E-state index in [2.05, 4.69) is 5.10 Å². The summed E-state index contributed by atoms with van der Waals surface area (Å²) < 4.78 is 15.2. The Hall–Kier alpha value is -1.84. The second-order valence-corrected chi connectivity index (χ2v) is 4.32. The van der Waals surface area contributed by atoms with Crippen LogP contribution in [0.2, 0.25) is 0 Å². The topological polar surface area (TPSA) is 38.0 Å². The molecule has 0 bridgehead atoms. The molecule has 1 heterocycles. The second kappa shape index (κ2) is 4.20. The summed E-state index contributed by atoms with van der Waals surface area (Å²) in [5.74, 6) is -0.234. The van der Waals surface area contributed by atoms with Gasteiger partial charge in [0.1, 0.15) is 11.5 Å². The van der Waals surface area contributed by atoms with Crippen molar-refractivity contribution in [3.63, 3.8) is 0 Å². The molecule has 0 amide bonds. The van der Waals surface area contributed by atoms with E-state index in [1.54, 1.807) is 25.1 Å². The minimum absolute atomic E-state index is 0.0363. The molecule has 0 aliphatic carbocycles. The minimum Gasteiger partial charge on any atom is -0.493 e. The van der Waals surface area contributed by atoms with Crippen molar-refractivity contribution >= 4 is 0 Å². The van der Waals surface area contributed by atoms with Crippen molar-refractivity contribution in [2.24, 2.45) is 0 Å². The van der Waals surface area contributed by atoms with E-state index in [0.717, 1.165) is 0 Å². The van der Waals surface area contributed by atoms with E-state index in [1.807, 2.05) is 13.8 Å². The van der Waals surface area contributed by atoms with Crippen molar-refractivity contribution in [1.29, 1.82) is 0 Å². The van der Waals surface area contributed by atoms with Gasteiger partial charge in [-0.15, -0.1) is 0 Å². The summed E-state index contributed by atoms with van der Waals surface area (Å²) in [6.07, 6.45) is 0. The molecular weight excluding hydrogens is 219 g/mol. The molecule has 0 aliphatic rings. The van der Waals surface area contributed by atoms with E-state index in [-0.39, 0.29) is 17.7 Å². The van der Waals surface area contributed by atoms with E-state index in [9.17, 15) is 9.50 Å². The molecule has 90 valence electrons. The molecule has 0 spiro atoms. The van der Waals surface area contributed by atoms with Gasteiger partial charge in [0.25, 0.3) is 0 Å². The number of aromatic hydroxyl groups is 1. The first-order valence-electron chi connectivity index (χ1n) is 5.55. The van der Waals surface area contributed by atoms with Gasteiger partial charge in [0.05, 0.1) is 6.04 Å². The van der Waals surface area contributed by atoms with Crippen LogP contribution in [0.15, 0.2) is 24.3 Å². The molecule has 1 aromatic heterocycles. The van der Waals surface area contributed by atoms with Gasteiger partial charge < -0.3 is 5.11 Å². The lowest BCUT2D eigenvalue weighted by molar-refractivity contribution is 0.375. The zero-order chi connectivity index (χ0) is 12.6. The lowest BCUT2D eigenvalue weighted by Gasteiger charge is -2.05. The summed E-state index contributed by atoms with van der Waals surface area (Å²) in [6.45, 7) is 5.57. The summed E-state index contributed by atoms with van der Waals surface area (Å²) in [6, 6.07) is 6.47. The molecule has 17 heavy (non-hydrogen) atoms. The predicted molar refractivity (Wildman–Crippen MR) is 64.4 cm³/mol. The van der Waals surface area contributed by atoms with Gasteiger partial charge in [-0.1, -0.05) is 12.1 Å². The fraction of sp³-hybridized carbons (Fsp3) is 0.308. The molecule has 3 nitrogen and oxygen atoms in total. The number of rotatable bonds is 2. The first kappa shape index (κ1) is 11.6. The van der Waals surface area contributed by atoms with E-state index in [4.69, 9.17) is 0 Å². The number of hydrogen-bond acceptors (Lipinski definition) is 2. The lowest BCUT2D eigenvalue weighted by atomic mass is 10.1. The molecular formula is C13H15FN2O. The molecule has 1 N–H and O–H groups in total. The Labute approximate surface area is 99.5 Å². The maximum atomic E-state index is 13.7. The van der Waals surface area contributed by atoms with Gasteiger partial charge in [0, 0.05) is 11.1 Å². The van der Waals surface area contributed by atoms with Crippen LogP contribution in [0.5, 0.6) is 5.88 Å². The number of nitrogens with zero attached hydrogens (tertiary/aromatic N) is 2. The Kier molecular flexibility index (Phi) is 2.88. The van der Waals surface area contributed by atoms with Crippen molar-refractivity contribution < 1.29 is 9.50 Å². The third-order valence-corrected chi connectivity index (χ3v) is 2.73. The van der Waals surface area contributed by atoms with Gasteiger partial charge in [-0.25, -0.2) is 9.07 Å².